The van der Waals surface area contributed by atoms with E-state index in [0.717, 1.165) is 22.6 Å². The first-order valence-corrected chi connectivity index (χ1v) is 5.17. The Morgan fingerprint density at radius 3 is 2.53 bits per heavy atom. The van der Waals surface area contributed by atoms with Gasteiger partial charge in [0.1, 0.15) is 6.29 Å². The van der Waals surface area contributed by atoms with Crippen LogP contribution in [0, 0.1) is 4.91 Å². The van der Waals surface area contributed by atoms with Crippen molar-refractivity contribution in [3.63, 3.8) is 0 Å². The fourth-order valence-electron chi connectivity index (χ4n) is 2.13. The van der Waals surface area contributed by atoms with Crippen LogP contribution in [0.3, 0.4) is 0 Å². The van der Waals surface area contributed by atoms with Crippen LogP contribution in [0.1, 0.15) is 10.4 Å². The molecule has 0 aliphatic carbocycles. The summed E-state index contributed by atoms with van der Waals surface area (Å²) in [5.74, 6) is 0. The molecular formula is C13H8N2O2. The topological polar surface area (TPSA) is 51.4 Å². The number of carbonyl (C=O) groups excluding carboxylic acids is 1. The van der Waals surface area contributed by atoms with Gasteiger partial charge in [0.05, 0.1) is 16.3 Å². The Bertz CT molecular complexity index is 744. The van der Waals surface area contributed by atoms with E-state index in [9.17, 15) is 9.70 Å². The molecule has 0 atom stereocenters. The lowest BCUT2D eigenvalue weighted by Gasteiger charge is -1.94. The van der Waals surface area contributed by atoms with E-state index in [0.29, 0.717) is 11.1 Å². The van der Waals surface area contributed by atoms with Crippen molar-refractivity contribution >= 4 is 28.1 Å². The van der Waals surface area contributed by atoms with E-state index in [2.05, 4.69) is 5.29 Å². The molecular weight excluding hydrogens is 216 g/mol. The average molecular weight is 224 g/mol. The Balaban J connectivity index is 2.58. The number of carbonyl (C=O) groups is 1. The second kappa shape index (κ2) is 3.52. The normalized spacial score (nSPS) is 10.8. The molecule has 0 N–H and O–H groups in total. The fourth-order valence-corrected chi connectivity index (χ4v) is 2.13. The van der Waals surface area contributed by atoms with Gasteiger partial charge in [-0.15, -0.1) is 4.91 Å². The van der Waals surface area contributed by atoms with Gasteiger partial charge in [0, 0.05) is 16.3 Å². The summed E-state index contributed by atoms with van der Waals surface area (Å²) in [7, 11) is 0. The number of nitroso groups, excluding NO2 is 1. The van der Waals surface area contributed by atoms with Crippen LogP contribution in [0.5, 0.6) is 0 Å². The molecule has 4 nitrogen and oxygen atoms in total. The molecule has 0 unspecified atom stereocenters. The number of fused-ring (bicyclic) bond motifs is 3. The van der Waals surface area contributed by atoms with Gasteiger partial charge in [0.15, 0.2) is 0 Å². The molecule has 0 saturated carbocycles. The summed E-state index contributed by atoms with van der Waals surface area (Å²) in [4.78, 5) is 21.7. The Morgan fingerprint density at radius 2 is 1.76 bits per heavy atom. The molecule has 0 radical (unpaired) electrons. The van der Waals surface area contributed by atoms with Gasteiger partial charge >= 0.3 is 0 Å². The number of hydrogen-bond donors (Lipinski definition) is 0. The predicted molar refractivity (Wildman–Crippen MR) is 66.0 cm³/mol. The zero-order chi connectivity index (χ0) is 11.8. The molecule has 0 aliphatic rings. The maximum Gasteiger partial charge on any atom is 0.150 e. The standard InChI is InChI=1S/C13H8N2O2/c16-8-9-5-6-13-11(7-9)10-3-1-2-4-12(10)15(13)14-17/h1-8H. The number of rotatable bonds is 2. The Kier molecular flexibility index (Phi) is 2.01. The lowest BCUT2D eigenvalue weighted by atomic mass is 10.1. The number of nitrogens with zero attached hydrogens (tertiary/aromatic N) is 2. The number of para-hydroxylation sites is 1. The monoisotopic (exact) mass is 224 g/mol. The van der Waals surface area contributed by atoms with Crippen molar-refractivity contribution in [3.05, 3.63) is 52.9 Å². The van der Waals surface area contributed by atoms with E-state index in [-0.39, 0.29) is 0 Å². The minimum absolute atomic E-state index is 0.589. The summed E-state index contributed by atoms with van der Waals surface area (Å²) < 4.78 is 1.35. The molecule has 0 amide bonds. The van der Waals surface area contributed by atoms with E-state index in [1.807, 2.05) is 24.3 Å². The van der Waals surface area contributed by atoms with Crippen LogP contribution in [0.2, 0.25) is 0 Å². The summed E-state index contributed by atoms with van der Waals surface area (Å²) in [5, 5.41) is 4.81. The second-order valence-electron chi connectivity index (χ2n) is 3.81. The maximum atomic E-state index is 10.9. The zero-order valence-electron chi connectivity index (χ0n) is 8.83. The quantitative estimate of drug-likeness (QED) is 0.496. The van der Waals surface area contributed by atoms with Crippen molar-refractivity contribution in [2.75, 3.05) is 0 Å². The Labute approximate surface area is 96.4 Å². The fraction of sp³-hybridized carbons (Fsp3) is 0. The molecule has 2 aromatic carbocycles. The van der Waals surface area contributed by atoms with Crippen LogP contribution in [0.4, 0.5) is 0 Å². The van der Waals surface area contributed by atoms with Crippen LogP contribution in [0.15, 0.2) is 47.8 Å². The van der Waals surface area contributed by atoms with Gasteiger partial charge in [-0.25, -0.2) is 0 Å². The third kappa shape index (κ3) is 1.27. The first-order valence-electron chi connectivity index (χ1n) is 5.17. The molecule has 0 saturated heterocycles. The minimum Gasteiger partial charge on any atom is -0.298 e. The lowest BCUT2D eigenvalue weighted by Crippen LogP contribution is -1.85. The first kappa shape index (κ1) is 9.72. The summed E-state index contributed by atoms with van der Waals surface area (Å²) in [6, 6.07) is 12.7. The SMILES string of the molecule is O=Cc1ccc2c(c1)c1ccccc1n2N=O. The van der Waals surface area contributed by atoms with Gasteiger partial charge in [0.2, 0.25) is 0 Å². The lowest BCUT2D eigenvalue weighted by molar-refractivity contribution is 0.112. The van der Waals surface area contributed by atoms with Crippen LogP contribution in [-0.4, -0.2) is 11.0 Å². The second-order valence-corrected chi connectivity index (χ2v) is 3.81. The molecule has 17 heavy (non-hydrogen) atoms. The predicted octanol–water partition coefficient (Wildman–Crippen LogP) is 3.14. The maximum absolute atomic E-state index is 10.9. The third-order valence-corrected chi connectivity index (χ3v) is 2.89. The van der Waals surface area contributed by atoms with Gasteiger partial charge in [0.25, 0.3) is 0 Å². The smallest absolute Gasteiger partial charge is 0.150 e. The average Bonchev–Trinajstić information content (AvgIpc) is 2.71. The largest absolute Gasteiger partial charge is 0.298 e. The third-order valence-electron chi connectivity index (χ3n) is 2.89. The molecule has 82 valence electrons. The van der Waals surface area contributed by atoms with Crippen LogP contribution in [-0.2, 0) is 0 Å². The molecule has 0 spiro atoms. The molecule has 1 aromatic heterocycles. The van der Waals surface area contributed by atoms with Crippen LogP contribution >= 0.6 is 0 Å². The van der Waals surface area contributed by atoms with Crippen molar-refractivity contribution in [3.8, 4) is 0 Å². The van der Waals surface area contributed by atoms with Crippen molar-refractivity contribution in [2.45, 2.75) is 0 Å². The van der Waals surface area contributed by atoms with Crippen LogP contribution < -0.4 is 0 Å². The number of hydrogen-bond acceptors (Lipinski definition) is 3. The van der Waals surface area contributed by atoms with Gasteiger partial charge in [-0.1, -0.05) is 18.2 Å². The highest BCUT2D eigenvalue weighted by Crippen LogP contribution is 2.29. The van der Waals surface area contributed by atoms with Gasteiger partial charge in [-0.05, 0) is 24.3 Å². The minimum atomic E-state index is 0.589. The highest BCUT2D eigenvalue weighted by atomic mass is 16.3. The van der Waals surface area contributed by atoms with Crippen molar-refractivity contribution < 1.29 is 4.79 Å². The molecule has 0 fully saturated rings. The first-order chi connectivity index (χ1) is 8.35. The Hall–Kier alpha value is -2.49. The number of benzene rings is 2. The van der Waals surface area contributed by atoms with E-state index >= 15 is 0 Å². The van der Waals surface area contributed by atoms with Crippen molar-refractivity contribution in [2.24, 2.45) is 5.29 Å². The highest BCUT2D eigenvalue weighted by Gasteiger charge is 2.10. The molecule has 0 bridgehead atoms. The number of aldehydes is 1. The van der Waals surface area contributed by atoms with E-state index < -0.39 is 0 Å². The van der Waals surface area contributed by atoms with E-state index in [4.69, 9.17) is 0 Å². The van der Waals surface area contributed by atoms with Gasteiger partial charge in [-0.3, -0.25) is 4.79 Å². The summed E-state index contributed by atoms with van der Waals surface area (Å²) in [5.41, 5.74) is 2.05. The Morgan fingerprint density at radius 1 is 1.00 bits per heavy atom. The van der Waals surface area contributed by atoms with Gasteiger partial charge in [-0.2, -0.15) is 4.68 Å². The number of aromatic nitrogens is 1. The highest BCUT2D eigenvalue weighted by molar-refractivity contribution is 6.09. The summed E-state index contributed by atoms with van der Waals surface area (Å²) in [6.07, 6.45) is 0.792. The van der Waals surface area contributed by atoms with Crippen molar-refractivity contribution in [1.29, 1.82) is 0 Å². The summed E-state index contributed by atoms with van der Waals surface area (Å²) >= 11 is 0. The molecule has 4 heteroatoms. The van der Waals surface area contributed by atoms with Crippen molar-refractivity contribution in [1.82, 2.24) is 4.68 Å². The molecule has 3 rings (SSSR count). The molecule has 0 aliphatic heterocycles. The molecule has 1 heterocycles. The van der Waals surface area contributed by atoms with E-state index in [1.54, 1.807) is 18.2 Å². The molecule has 3 aromatic rings. The zero-order valence-corrected chi connectivity index (χ0v) is 8.83. The summed E-state index contributed by atoms with van der Waals surface area (Å²) in [6.45, 7) is 0. The van der Waals surface area contributed by atoms with E-state index in [1.165, 1.54) is 4.68 Å². The van der Waals surface area contributed by atoms with Gasteiger partial charge < -0.3 is 0 Å². The van der Waals surface area contributed by atoms with Crippen LogP contribution in [0.25, 0.3) is 21.8 Å².